The summed E-state index contributed by atoms with van der Waals surface area (Å²) in [7, 11) is 3.32. The van der Waals surface area contributed by atoms with Crippen LogP contribution < -0.4 is 19.7 Å². The number of anilines is 2. The lowest BCUT2D eigenvalue weighted by molar-refractivity contribution is -0.115. The Morgan fingerprint density at radius 1 is 1.21 bits per heavy atom. The van der Waals surface area contributed by atoms with Crippen LogP contribution in [0.3, 0.4) is 0 Å². The molecule has 11 nitrogen and oxygen atoms in total. The number of hydrogen-bond donors (Lipinski definition) is 2. The van der Waals surface area contributed by atoms with Gasteiger partial charge < -0.3 is 24.8 Å². The second-order valence-electron chi connectivity index (χ2n) is 7.45. The van der Waals surface area contributed by atoms with Gasteiger partial charge in [-0.1, -0.05) is 0 Å². The number of nitrogens with zero attached hydrogens (tertiary/aromatic N) is 6. The highest BCUT2D eigenvalue weighted by Crippen LogP contribution is 2.31. The minimum atomic E-state index is -0.249. The highest BCUT2D eigenvalue weighted by Gasteiger charge is 2.23. The summed E-state index contributed by atoms with van der Waals surface area (Å²) in [6.07, 6.45) is 7.18. The van der Waals surface area contributed by atoms with E-state index in [1.54, 1.807) is 23.2 Å². The van der Waals surface area contributed by atoms with Crippen LogP contribution in [0.5, 0.6) is 11.6 Å². The molecule has 2 N–H and O–H groups in total. The van der Waals surface area contributed by atoms with Crippen molar-refractivity contribution in [1.29, 1.82) is 0 Å². The molecule has 3 aromatic heterocycles. The summed E-state index contributed by atoms with van der Waals surface area (Å²) >= 11 is 0. The SMILES string of the molecule is COc1cnc(NC(=O)CN(C)c2nc(-c3cc(OCCO)ccn3)nc3c2CCC3)cn1. The molecule has 1 amide bonds. The minimum Gasteiger partial charge on any atom is -0.491 e. The van der Waals surface area contributed by atoms with Gasteiger partial charge >= 0.3 is 0 Å². The molecule has 0 aromatic carbocycles. The van der Waals surface area contributed by atoms with E-state index in [0.717, 1.165) is 30.5 Å². The Morgan fingerprint density at radius 2 is 2.09 bits per heavy atom. The fraction of sp³-hybridized carbons (Fsp3) is 0.364. The molecule has 0 fully saturated rings. The molecule has 11 heteroatoms. The van der Waals surface area contributed by atoms with Gasteiger partial charge in [0.05, 0.1) is 32.7 Å². The molecule has 172 valence electrons. The molecule has 0 radical (unpaired) electrons. The average Bonchev–Trinajstić information content (AvgIpc) is 3.31. The standard InChI is InChI=1S/C22H25N7O4/c1-29(13-19(31)27-18-11-25-20(32-2)12-24-18)22-15-4-3-5-16(15)26-21(28-22)17-10-14(6-7-23-17)33-9-8-30/h6-7,10-12,30H,3-5,8-9,13H2,1-2H3,(H,24,27,31). The van der Waals surface area contributed by atoms with Gasteiger partial charge in [0.25, 0.3) is 0 Å². The Morgan fingerprint density at radius 3 is 2.85 bits per heavy atom. The number of likely N-dealkylation sites (N-methyl/N-ethyl adjacent to an activating group) is 1. The van der Waals surface area contributed by atoms with E-state index in [4.69, 9.17) is 24.5 Å². The normalized spacial score (nSPS) is 12.2. The maximum absolute atomic E-state index is 12.6. The molecule has 0 saturated carbocycles. The van der Waals surface area contributed by atoms with Gasteiger partial charge in [0, 0.05) is 30.6 Å². The summed E-state index contributed by atoms with van der Waals surface area (Å²) in [5.74, 6) is 2.20. The molecular formula is C22H25N7O4. The first-order chi connectivity index (χ1) is 16.1. The zero-order valence-corrected chi connectivity index (χ0v) is 18.5. The highest BCUT2D eigenvalue weighted by molar-refractivity contribution is 5.93. The first-order valence-electron chi connectivity index (χ1n) is 10.5. The van der Waals surface area contributed by atoms with Gasteiger partial charge in [0.15, 0.2) is 11.6 Å². The maximum atomic E-state index is 12.6. The summed E-state index contributed by atoms with van der Waals surface area (Å²) in [6, 6.07) is 3.46. The molecule has 33 heavy (non-hydrogen) atoms. The fourth-order valence-corrected chi connectivity index (χ4v) is 3.59. The number of amides is 1. The van der Waals surface area contributed by atoms with Crippen molar-refractivity contribution >= 4 is 17.5 Å². The third-order valence-electron chi connectivity index (χ3n) is 5.08. The predicted octanol–water partition coefficient (Wildman–Crippen LogP) is 1.27. The number of nitrogens with one attached hydrogen (secondary N) is 1. The number of aromatic nitrogens is 5. The van der Waals surface area contributed by atoms with Gasteiger partial charge in [-0.2, -0.15) is 0 Å². The zero-order chi connectivity index (χ0) is 23.2. The monoisotopic (exact) mass is 451 g/mol. The van der Waals surface area contributed by atoms with Crippen molar-refractivity contribution in [2.75, 3.05) is 44.1 Å². The first kappa shape index (κ1) is 22.3. The Labute approximate surface area is 190 Å². The maximum Gasteiger partial charge on any atom is 0.245 e. The van der Waals surface area contributed by atoms with Crippen LogP contribution >= 0.6 is 0 Å². The number of aliphatic hydroxyl groups excluding tert-OH is 1. The molecule has 0 aliphatic heterocycles. The quantitative estimate of drug-likeness (QED) is 0.489. The Bertz CT molecular complexity index is 1120. The summed E-state index contributed by atoms with van der Waals surface area (Å²) < 4.78 is 10.5. The van der Waals surface area contributed by atoms with E-state index in [1.807, 2.05) is 7.05 Å². The number of carbonyl (C=O) groups excluding carboxylic acids is 1. The predicted molar refractivity (Wildman–Crippen MR) is 120 cm³/mol. The topological polar surface area (TPSA) is 135 Å². The van der Waals surface area contributed by atoms with Crippen molar-refractivity contribution in [3.63, 3.8) is 0 Å². The average molecular weight is 451 g/mol. The molecule has 3 aromatic rings. The van der Waals surface area contributed by atoms with Gasteiger partial charge in [-0.05, 0) is 25.3 Å². The number of aliphatic hydroxyl groups is 1. The van der Waals surface area contributed by atoms with Crippen molar-refractivity contribution in [2.24, 2.45) is 0 Å². The lowest BCUT2D eigenvalue weighted by Crippen LogP contribution is -2.31. The van der Waals surface area contributed by atoms with Crippen molar-refractivity contribution < 1.29 is 19.4 Å². The van der Waals surface area contributed by atoms with Crippen LogP contribution in [0.15, 0.2) is 30.7 Å². The number of ether oxygens (including phenoxy) is 2. The first-order valence-corrected chi connectivity index (χ1v) is 10.5. The summed E-state index contributed by atoms with van der Waals surface area (Å²) in [5, 5.41) is 11.7. The van der Waals surface area contributed by atoms with Crippen LogP contribution in [-0.4, -0.2) is 69.8 Å². The molecule has 0 atom stereocenters. The number of pyridine rings is 1. The number of methoxy groups -OCH3 is 1. The second kappa shape index (κ2) is 10.2. The van der Waals surface area contributed by atoms with E-state index < -0.39 is 0 Å². The molecule has 0 unspecified atom stereocenters. The minimum absolute atomic E-state index is 0.0731. The van der Waals surface area contributed by atoms with Crippen molar-refractivity contribution in [1.82, 2.24) is 24.9 Å². The van der Waals surface area contributed by atoms with Gasteiger partial charge in [-0.15, -0.1) is 0 Å². The molecule has 4 rings (SSSR count). The fourth-order valence-electron chi connectivity index (χ4n) is 3.59. The summed E-state index contributed by atoms with van der Waals surface area (Å²) in [6.45, 7) is 0.186. The summed E-state index contributed by atoms with van der Waals surface area (Å²) in [5.41, 5.74) is 2.57. The van der Waals surface area contributed by atoms with E-state index in [0.29, 0.717) is 34.8 Å². The smallest absolute Gasteiger partial charge is 0.245 e. The van der Waals surface area contributed by atoms with Crippen LogP contribution in [-0.2, 0) is 17.6 Å². The van der Waals surface area contributed by atoms with Crippen LogP contribution in [0.25, 0.3) is 11.5 Å². The lowest BCUT2D eigenvalue weighted by Gasteiger charge is -2.21. The lowest BCUT2D eigenvalue weighted by atomic mass is 10.2. The molecule has 0 saturated heterocycles. The van der Waals surface area contributed by atoms with Crippen molar-refractivity contribution in [2.45, 2.75) is 19.3 Å². The highest BCUT2D eigenvalue weighted by atomic mass is 16.5. The Kier molecular flexibility index (Phi) is 6.89. The zero-order valence-electron chi connectivity index (χ0n) is 18.5. The molecule has 1 aliphatic carbocycles. The van der Waals surface area contributed by atoms with Crippen molar-refractivity contribution in [3.05, 3.63) is 42.0 Å². The van der Waals surface area contributed by atoms with E-state index in [-0.39, 0.29) is 25.7 Å². The van der Waals surface area contributed by atoms with Gasteiger partial charge in [-0.3, -0.25) is 9.78 Å². The van der Waals surface area contributed by atoms with E-state index in [9.17, 15) is 4.79 Å². The van der Waals surface area contributed by atoms with Crippen LogP contribution in [0, 0.1) is 0 Å². The number of carbonyl (C=O) groups is 1. The third-order valence-corrected chi connectivity index (χ3v) is 5.08. The van der Waals surface area contributed by atoms with Crippen LogP contribution in [0.2, 0.25) is 0 Å². The van der Waals surface area contributed by atoms with E-state index in [1.165, 1.54) is 19.5 Å². The Balaban J connectivity index is 1.54. The van der Waals surface area contributed by atoms with Crippen LogP contribution in [0.1, 0.15) is 17.7 Å². The molecule has 3 heterocycles. The Hall–Kier alpha value is -3.86. The van der Waals surface area contributed by atoms with Gasteiger partial charge in [0.1, 0.15) is 23.9 Å². The molecule has 1 aliphatic rings. The van der Waals surface area contributed by atoms with E-state index >= 15 is 0 Å². The number of rotatable bonds is 9. The number of aryl methyl sites for hydroxylation is 1. The van der Waals surface area contributed by atoms with Crippen LogP contribution in [0.4, 0.5) is 11.6 Å². The summed E-state index contributed by atoms with van der Waals surface area (Å²) in [4.78, 5) is 36.4. The molecular weight excluding hydrogens is 426 g/mol. The van der Waals surface area contributed by atoms with E-state index in [2.05, 4.69) is 20.3 Å². The number of fused-ring (bicyclic) bond motifs is 1. The largest absolute Gasteiger partial charge is 0.491 e. The van der Waals surface area contributed by atoms with Gasteiger partial charge in [-0.25, -0.2) is 19.9 Å². The molecule has 0 bridgehead atoms. The van der Waals surface area contributed by atoms with Crippen molar-refractivity contribution in [3.8, 4) is 23.1 Å². The number of hydrogen-bond acceptors (Lipinski definition) is 10. The molecule has 0 spiro atoms. The second-order valence-corrected chi connectivity index (χ2v) is 7.45. The van der Waals surface area contributed by atoms with Gasteiger partial charge in [0.2, 0.25) is 11.8 Å². The third kappa shape index (κ3) is 5.32.